The summed E-state index contributed by atoms with van der Waals surface area (Å²) < 4.78 is 0. The second-order valence-corrected chi connectivity index (χ2v) is 5.27. The van der Waals surface area contributed by atoms with E-state index in [2.05, 4.69) is 54.4 Å². The minimum atomic E-state index is 0.590. The van der Waals surface area contributed by atoms with E-state index >= 15 is 0 Å². The van der Waals surface area contributed by atoms with Gasteiger partial charge in [0.15, 0.2) is 0 Å². The van der Waals surface area contributed by atoms with Gasteiger partial charge in [0.05, 0.1) is 0 Å². The van der Waals surface area contributed by atoms with Crippen LogP contribution < -0.4 is 5.32 Å². The van der Waals surface area contributed by atoms with Gasteiger partial charge >= 0.3 is 0 Å². The zero-order chi connectivity index (χ0) is 12.8. The molecule has 1 aliphatic rings. The van der Waals surface area contributed by atoms with Crippen LogP contribution in [-0.2, 0) is 0 Å². The summed E-state index contributed by atoms with van der Waals surface area (Å²) in [6, 6.07) is 12.2. The topological polar surface area (TPSA) is 15.3 Å². The van der Waals surface area contributed by atoms with Crippen LogP contribution in [0.1, 0.15) is 44.7 Å². The van der Waals surface area contributed by atoms with E-state index in [1.165, 1.54) is 37.9 Å². The lowest BCUT2D eigenvalue weighted by Gasteiger charge is -2.39. The van der Waals surface area contributed by atoms with Crippen molar-refractivity contribution in [1.82, 2.24) is 10.2 Å². The molecule has 0 spiro atoms. The summed E-state index contributed by atoms with van der Waals surface area (Å²) in [5.74, 6) is 0. The predicted molar refractivity (Wildman–Crippen MR) is 77.7 cm³/mol. The first-order valence-corrected chi connectivity index (χ1v) is 7.37. The minimum Gasteiger partial charge on any atom is -0.311 e. The van der Waals surface area contributed by atoms with E-state index in [1.54, 1.807) is 0 Å². The Morgan fingerprint density at radius 2 is 2.06 bits per heavy atom. The molecule has 2 heteroatoms. The van der Waals surface area contributed by atoms with E-state index in [9.17, 15) is 0 Å². The van der Waals surface area contributed by atoms with Gasteiger partial charge in [0, 0.05) is 31.7 Å². The van der Waals surface area contributed by atoms with Crippen LogP contribution in [0.25, 0.3) is 0 Å². The highest BCUT2D eigenvalue weighted by atomic mass is 15.2. The normalized spacial score (nSPS) is 22.9. The second-order valence-electron chi connectivity index (χ2n) is 5.27. The third kappa shape index (κ3) is 3.33. The third-order valence-corrected chi connectivity index (χ3v) is 3.94. The molecule has 1 aromatic rings. The van der Waals surface area contributed by atoms with E-state index < -0.39 is 0 Å². The summed E-state index contributed by atoms with van der Waals surface area (Å²) in [5, 5.41) is 3.64. The van der Waals surface area contributed by atoms with Gasteiger partial charge in [0.1, 0.15) is 0 Å². The van der Waals surface area contributed by atoms with Crippen molar-refractivity contribution in [3.05, 3.63) is 35.9 Å². The molecular weight excluding hydrogens is 220 g/mol. The number of rotatable bonds is 5. The zero-order valence-corrected chi connectivity index (χ0v) is 11.7. The third-order valence-electron chi connectivity index (χ3n) is 3.94. The Bertz CT molecular complexity index is 334. The molecule has 0 aliphatic carbocycles. The maximum atomic E-state index is 3.64. The van der Waals surface area contributed by atoms with Crippen LogP contribution in [0.4, 0.5) is 0 Å². The molecule has 0 bridgehead atoms. The van der Waals surface area contributed by atoms with Crippen molar-refractivity contribution >= 4 is 0 Å². The van der Waals surface area contributed by atoms with Gasteiger partial charge in [-0.3, -0.25) is 4.90 Å². The highest BCUT2D eigenvalue weighted by Gasteiger charge is 2.24. The highest BCUT2D eigenvalue weighted by molar-refractivity contribution is 5.19. The van der Waals surface area contributed by atoms with Crippen molar-refractivity contribution in [2.75, 3.05) is 19.6 Å². The number of nitrogens with zero attached hydrogens (tertiary/aromatic N) is 1. The van der Waals surface area contributed by atoms with E-state index in [1.807, 2.05) is 0 Å². The largest absolute Gasteiger partial charge is 0.311 e. The molecule has 0 radical (unpaired) electrons. The molecule has 0 aromatic heterocycles. The standard InChI is InChI=1S/C16H26N2/c1-3-8-15-13-18(12-11-17-15)16(4-2)14-9-6-5-7-10-14/h5-7,9-10,15-17H,3-4,8,11-13H2,1-2H3. The van der Waals surface area contributed by atoms with Crippen molar-refractivity contribution < 1.29 is 0 Å². The number of benzene rings is 1. The monoisotopic (exact) mass is 246 g/mol. The lowest BCUT2D eigenvalue weighted by atomic mass is 10.00. The first kappa shape index (κ1) is 13.6. The Hall–Kier alpha value is -0.860. The maximum Gasteiger partial charge on any atom is 0.0346 e. The van der Waals surface area contributed by atoms with Crippen LogP contribution in [0.5, 0.6) is 0 Å². The Kier molecular flexibility index (Phi) is 5.21. The van der Waals surface area contributed by atoms with Gasteiger partial charge in [0.2, 0.25) is 0 Å². The molecule has 2 nitrogen and oxygen atoms in total. The summed E-state index contributed by atoms with van der Waals surface area (Å²) >= 11 is 0. The molecule has 1 aromatic carbocycles. The Morgan fingerprint density at radius 3 is 2.72 bits per heavy atom. The van der Waals surface area contributed by atoms with Crippen molar-refractivity contribution in [1.29, 1.82) is 0 Å². The van der Waals surface area contributed by atoms with E-state index in [-0.39, 0.29) is 0 Å². The minimum absolute atomic E-state index is 0.590. The van der Waals surface area contributed by atoms with E-state index in [4.69, 9.17) is 0 Å². The van der Waals surface area contributed by atoms with Gasteiger partial charge < -0.3 is 5.32 Å². The van der Waals surface area contributed by atoms with Crippen LogP contribution in [-0.4, -0.2) is 30.6 Å². The van der Waals surface area contributed by atoms with Crippen LogP contribution in [0.2, 0.25) is 0 Å². The molecule has 0 amide bonds. The van der Waals surface area contributed by atoms with Crippen molar-refractivity contribution in [3.63, 3.8) is 0 Å². The molecule has 0 saturated carbocycles. The molecule has 1 fully saturated rings. The van der Waals surface area contributed by atoms with Gasteiger partial charge in [-0.25, -0.2) is 0 Å². The smallest absolute Gasteiger partial charge is 0.0346 e. The number of nitrogens with one attached hydrogen (secondary N) is 1. The van der Waals surface area contributed by atoms with Gasteiger partial charge in [-0.15, -0.1) is 0 Å². The molecule has 2 rings (SSSR count). The van der Waals surface area contributed by atoms with Crippen LogP contribution >= 0.6 is 0 Å². The van der Waals surface area contributed by atoms with Gasteiger partial charge in [-0.05, 0) is 18.4 Å². The molecule has 1 saturated heterocycles. The fourth-order valence-corrected chi connectivity index (χ4v) is 3.06. The Balaban J connectivity index is 2.03. The highest BCUT2D eigenvalue weighted by Crippen LogP contribution is 2.25. The Morgan fingerprint density at radius 1 is 1.28 bits per heavy atom. The van der Waals surface area contributed by atoms with Gasteiger partial charge in [-0.2, -0.15) is 0 Å². The predicted octanol–water partition coefficient (Wildman–Crippen LogP) is 3.21. The van der Waals surface area contributed by atoms with Crippen LogP contribution in [0.3, 0.4) is 0 Å². The first-order valence-electron chi connectivity index (χ1n) is 7.37. The number of piperazine rings is 1. The van der Waals surface area contributed by atoms with Crippen molar-refractivity contribution in [2.45, 2.75) is 45.2 Å². The summed E-state index contributed by atoms with van der Waals surface area (Å²) in [7, 11) is 0. The molecule has 2 unspecified atom stereocenters. The average Bonchev–Trinajstić information content (AvgIpc) is 2.42. The average molecular weight is 246 g/mol. The van der Waals surface area contributed by atoms with Crippen LogP contribution in [0.15, 0.2) is 30.3 Å². The van der Waals surface area contributed by atoms with Gasteiger partial charge in [-0.1, -0.05) is 50.6 Å². The second kappa shape index (κ2) is 6.91. The molecule has 18 heavy (non-hydrogen) atoms. The first-order chi connectivity index (χ1) is 8.85. The molecule has 1 N–H and O–H groups in total. The van der Waals surface area contributed by atoms with E-state index in [0.717, 1.165) is 6.54 Å². The SMILES string of the molecule is CCCC1CN(C(CC)c2ccccc2)CCN1. The van der Waals surface area contributed by atoms with Crippen molar-refractivity contribution in [2.24, 2.45) is 0 Å². The fourth-order valence-electron chi connectivity index (χ4n) is 3.06. The molecule has 100 valence electrons. The summed E-state index contributed by atoms with van der Waals surface area (Å²) in [4.78, 5) is 2.66. The number of hydrogen-bond donors (Lipinski definition) is 1. The molecule has 1 aliphatic heterocycles. The molecular formula is C16H26N2. The van der Waals surface area contributed by atoms with Crippen LogP contribution in [0, 0.1) is 0 Å². The molecule has 1 heterocycles. The number of hydrogen-bond acceptors (Lipinski definition) is 2. The summed E-state index contributed by atoms with van der Waals surface area (Å²) in [6.07, 6.45) is 3.76. The summed E-state index contributed by atoms with van der Waals surface area (Å²) in [5.41, 5.74) is 1.47. The van der Waals surface area contributed by atoms with Gasteiger partial charge in [0.25, 0.3) is 0 Å². The quantitative estimate of drug-likeness (QED) is 0.858. The fraction of sp³-hybridized carbons (Fsp3) is 0.625. The lowest BCUT2D eigenvalue weighted by Crippen LogP contribution is -2.51. The van der Waals surface area contributed by atoms with Crippen molar-refractivity contribution in [3.8, 4) is 0 Å². The molecule has 2 atom stereocenters. The maximum absolute atomic E-state index is 3.64. The lowest BCUT2D eigenvalue weighted by molar-refractivity contribution is 0.136. The zero-order valence-electron chi connectivity index (χ0n) is 11.7. The Labute approximate surface area is 111 Å². The summed E-state index contributed by atoms with van der Waals surface area (Å²) in [6.45, 7) is 8.08. The van der Waals surface area contributed by atoms with E-state index in [0.29, 0.717) is 12.1 Å².